The molecule has 3 heterocycles. The Hall–Kier alpha value is -2.75. The second-order valence-electron chi connectivity index (χ2n) is 7.11. The van der Waals surface area contributed by atoms with E-state index >= 15 is 0 Å². The standard InChI is InChI=1S/C23H22AsN5/c24-23-27-19-11-10-18(26-22(19)21(28-23)16-6-2-1-3-7-16)17-8-4-5-9-20(17)29-14-12-25-13-15-29/h1-11,25H,12-15,24H2. The summed E-state index contributed by atoms with van der Waals surface area (Å²) in [6.45, 7) is 4.02. The van der Waals surface area contributed by atoms with Gasteiger partial charge in [0, 0.05) is 0 Å². The van der Waals surface area contributed by atoms with Crippen LogP contribution in [0.3, 0.4) is 0 Å². The van der Waals surface area contributed by atoms with E-state index < -0.39 is 0 Å². The molecule has 1 aliphatic rings. The van der Waals surface area contributed by atoms with Gasteiger partial charge in [-0.3, -0.25) is 0 Å². The zero-order chi connectivity index (χ0) is 19.6. The number of para-hydroxylation sites is 1. The fraction of sp³-hybridized carbons (Fsp3) is 0.174. The molecule has 1 fully saturated rings. The van der Waals surface area contributed by atoms with Gasteiger partial charge in [0.1, 0.15) is 0 Å². The quantitative estimate of drug-likeness (QED) is 0.492. The molecular formula is C23H22AsN5. The van der Waals surface area contributed by atoms with Crippen molar-refractivity contribution in [3.8, 4) is 22.5 Å². The van der Waals surface area contributed by atoms with Gasteiger partial charge in [0.05, 0.1) is 0 Å². The van der Waals surface area contributed by atoms with Gasteiger partial charge in [-0.2, -0.15) is 0 Å². The first-order chi connectivity index (χ1) is 14.3. The molecule has 1 saturated heterocycles. The van der Waals surface area contributed by atoms with Crippen LogP contribution in [0.2, 0.25) is 0 Å². The molecule has 1 unspecified atom stereocenters. The predicted octanol–water partition coefficient (Wildman–Crippen LogP) is 2.03. The maximum absolute atomic E-state index is 5.06. The number of fused-ring (bicyclic) bond motifs is 1. The summed E-state index contributed by atoms with van der Waals surface area (Å²) in [5, 5.41) is 3.43. The van der Waals surface area contributed by atoms with Gasteiger partial charge in [-0.25, -0.2) is 0 Å². The van der Waals surface area contributed by atoms with E-state index in [4.69, 9.17) is 9.97 Å². The summed E-state index contributed by atoms with van der Waals surface area (Å²) >= 11 is 1.43. The fourth-order valence-corrected chi connectivity index (χ4v) is 4.41. The monoisotopic (exact) mass is 443 g/mol. The van der Waals surface area contributed by atoms with Crippen LogP contribution in [0.15, 0.2) is 66.7 Å². The van der Waals surface area contributed by atoms with Crippen LogP contribution in [0.4, 0.5) is 5.69 Å². The Morgan fingerprint density at radius 3 is 2.38 bits per heavy atom. The molecule has 5 rings (SSSR count). The van der Waals surface area contributed by atoms with Crippen molar-refractivity contribution in [3.63, 3.8) is 0 Å². The Morgan fingerprint density at radius 2 is 1.55 bits per heavy atom. The summed E-state index contributed by atoms with van der Waals surface area (Å²) in [6.07, 6.45) is 0. The maximum atomic E-state index is 5.06. The molecule has 0 bridgehead atoms. The zero-order valence-electron chi connectivity index (χ0n) is 16.0. The van der Waals surface area contributed by atoms with Crippen molar-refractivity contribution in [1.82, 2.24) is 20.3 Å². The molecular weight excluding hydrogens is 421 g/mol. The Balaban J connectivity index is 1.67. The van der Waals surface area contributed by atoms with E-state index in [-0.39, 0.29) is 0 Å². The van der Waals surface area contributed by atoms with Gasteiger partial charge in [0.2, 0.25) is 0 Å². The Morgan fingerprint density at radius 1 is 0.793 bits per heavy atom. The Kier molecular flexibility index (Phi) is 5.01. The Labute approximate surface area is 178 Å². The minimum absolute atomic E-state index is 0.819. The summed E-state index contributed by atoms with van der Waals surface area (Å²) in [4.78, 5) is 16.9. The minimum atomic E-state index is 0.819. The van der Waals surface area contributed by atoms with Crippen molar-refractivity contribution in [3.05, 3.63) is 66.7 Å². The number of rotatable bonds is 3. The molecule has 2 aromatic carbocycles. The third-order valence-electron chi connectivity index (χ3n) is 5.24. The first-order valence-electron chi connectivity index (χ1n) is 9.84. The molecule has 4 aromatic rings. The number of hydrogen-bond acceptors (Lipinski definition) is 5. The van der Waals surface area contributed by atoms with E-state index in [2.05, 4.69) is 63.7 Å². The van der Waals surface area contributed by atoms with Crippen molar-refractivity contribution in [2.24, 2.45) is 0 Å². The molecule has 144 valence electrons. The molecule has 29 heavy (non-hydrogen) atoms. The van der Waals surface area contributed by atoms with Crippen LogP contribution in [0.25, 0.3) is 33.5 Å². The van der Waals surface area contributed by atoms with Crippen LogP contribution < -0.4 is 14.8 Å². The molecule has 0 aliphatic carbocycles. The normalized spacial score (nSPS) is 14.3. The number of piperazine rings is 1. The van der Waals surface area contributed by atoms with Gasteiger partial charge in [-0.15, -0.1) is 0 Å². The third-order valence-corrected chi connectivity index (χ3v) is 5.79. The molecule has 0 radical (unpaired) electrons. The van der Waals surface area contributed by atoms with Gasteiger partial charge >= 0.3 is 179 Å². The van der Waals surface area contributed by atoms with Crippen LogP contribution in [0, 0.1) is 0 Å². The van der Waals surface area contributed by atoms with E-state index in [1.807, 2.05) is 18.2 Å². The van der Waals surface area contributed by atoms with E-state index in [1.165, 1.54) is 22.5 Å². The van der Waals surface area contributed by atoms with Crippen molar-refractivity contribution >= 4 is 38.2 Å². The summed E-state index contributed by atoms with van der Waals surface area (Å²) in [6, 6.07) is 22.9. The number of anilines is 1. The van der Waals surface area contributed by atoms with E-state index in [0.29, 0.717) is 0 Å². The van der Waals surface area contributed by atoms with Gasteiger partial charge < -0.3 is 0 Å². The zero-order valence-corrected chi connectivity index (χ0v) is 18.5. The van der Waals surface area contributed by atoms with Crippen molar-refractivity contribution in [2.75, 3.05) is 31.1 Å². The van der Waals surface area contributed by atoms with E-state index in [9.17, 15) is 0 Å². The average Bonchev–Trinajstić information content (AvgIpc) is 2.79. The van der Waals surface area contributed by atoms with Gasteiger partial charge in [-0.1, -0.05) is 0 Å². The Bertz CT molecular complexity index is 1160. The molecule has 5 nitrogen and oxygen atoms in total. The molecule has 0 spiro atoms. The van der Waals surface area contributed by atoms with E-state index in [1.54, 1.807) is 0 Å². The second-order valence-corrected chi connectivity index (χ2v) is 8.20. The SMILES string of the molecule is [AsH2]c1nc(-c2ccccc2)c2nc(-c3ccccc3N3CCNCC3)ccc2n1. The van der Waals surface area contributed by atoms with Gasteiger partial charge in [-0.05, 0) is 0 Å². The van der Waals surface area contributed by atoms with Crippen LogP contribution in [-0.4, -0.2) is 58.0 Å². The second kappa shape index (κ2) is 7.94. The van der Waals surface area contributed by atoms with Crippen LogP contribution in [0.5, 0.6) is 0 Å². The van der Waals surface area contributed by atoms with Crippen LogP contribution in [-0.2, 0) is 0 Å². The van der Waals surface area contributed by atoms with Gasteiger partial charge in [0.15, 0.2) is 0 Å². The average molecular weight is 443 g/mol. The van der Waals surface area contributed by atoms with E-state index in [0.717, 1.165) is 64.3 Å². The fourth-order valence-electron chi connectivity index (χ4n) is 3.85. The summed E-state index contributed by atoms with van der Waals surface area (Å²) in [5.41, 5.74) is 7.06. The molecule has 0 amide bonds. The number of nitrogens with zero attached hydrogens (tertiary/aromatic N) is 4. The molecule has 2 aromatic heterocycles. The number of nitrogens with one attached hydrogen (secondary N) is 1. The van der Waals surface area contributed by atoms with Crippen molar-refractivity contribution < 1.29 is 0 Å². The third kappa shape index (κ3) is 3.64. The molecule has 1 aliphatic heterocycles. The van der Waals surface area contributed by atoms with Crippen molar-refractivity contribution in [1.29, 1.82) is 0 Å². The predicted molar refractivity (Wildman–Crippen MR) is 121 cm³/mol. The molecule has 1 N–H and O–H groups in total. The van der Waals surface area contributed by atoms with Crippen LogP contribution >= 0.6 is 0 Å². The first kappa shape index (κ1) is 18.3. The molecule has 1 atom stereocenters. The van der Waals surface area contributed by atoms with Crippen molar-refractivity contribution in [2.45, 2.75) is 0 Å². The number of aromatic nitrogens is 3. The number of benzene rings is 2. The van der Waals surface area contributed by atoms with Gasteiger partial charge in [0.25, 0.3) is 0 Å². The van der Waals surface area contributed by atoms with Crippen LogP contribution in [0.1, 0.15) is 0 Å². The first-order valence-corrected chi connectivity index (χ1v) is 11.1. The summed E-state index contributed by atoms with van der Waals surface area (Å²) < 4.78 is 0.819. The topological polar surface area (TPSA) is 53.9 Å². The molecule has 6 heteroatoms. The molecule has 0 saturated carbocycles. The number of pyridine rings is 1. The number of hydrogen-bond donors (Lipinski definition) is 1. The summed E-state index contributed by atoms with van der Waals surface area (Å²) in [7, 11) is 0. The summed E-state index contributed by atoms with van der Waals surface area (Å²) in [5.74, 6) is 0.